The molecule has 1 aliphatic carbocycles. The van der Waals surface area contributed by atoms with E-state index in [4.69, 9.17) is 9.47 Å². The van der Waals surface area contributed by atoms with E-state index in [0.717, 1.165) is 31.0 Å². The van der Waals surface area contributed by atoms with Gasteiger partial charge in [0, 0.05) is 31.0 Å². The second-order valence-electron chi connectivity index (χ2n) is 5.72. The summed E-state index contributed by atoms with van der Waals surface area (Å²) >= 11 is 0. The molecule has 1 aliphatic heterocycles. The van der Waals surface area contributed by atoms with E-state index >= 15 is 0 Å². The Kier molecular flexibility index (Phi) is 2.89. The molecule has 0 spiro atoms. The number of ether oxygens (including phenoxy) is 2. The standard InChI is InChI=1S/C18H19NO2/c1-20-16-7-6-13-14(18(16)21-2)8-11-4-3-5-12-9-19-10-15(13)17(11)12/h3-7,15,19H,8-10H2,1-2H3. The number of hydrogen-bond donors (Lipinski definition) is 1. The van der Waals surface area contributed by atoms with Crippen LogP contribution in [0.2, 0.25) is 0 Å². The molecule has 1 heterocycles. The first-order valence-electron chi connectivity index (χ1n) is 7.38. The Labute approximate surface area is 124 Å². The zero-order chi connectivity index (χ0) is 14.4. The zero-order valence-corrected chi connectivity index (χ0v) is 12.4. The van der Waals surface area contributed by atoms with Crippen molar-refractivity contribution in [2.24, 2.45) is 0 Å². The van der Waals surface area contributed by atoms with Gasteiger partial charge < -0.3 is 14.8 Å². The SMILES string of the molecule is COc1ccc2c(c1OC)Cc1cccc3c1C2CNC3. The normalized spacial score (nSPS) is 18.7. The lowest BCUT2D eigenvalue weighted by Crippen LogP contribution is -2.32. The van der Waals surface area contributed by atoms with Gasteiger partial charge in [-0.2, -0.15) is 0 Å². The number of methoxy groups -OCH3 is 2. The van der Waals surface area contributed by atoms with E-state index in [9.17, 15) is 0 Å². The molecule has 108 valence electrons. The van der Waals surface area contributed by atoms with Gasteiger partial charge in [0.1, 0.15) is 0 Å². The summed E-state index contributed by atoms with van der Waals surface area (Å²) in [6, 6.07) is 10.9. The molecule has 21 heavy (non-hydrogen) atoms. The Hall–Kier alpha value is -2.00. The monoisotopic (exact) mass is 281 g/mol. The van der Waals surface area contributed by atoms with Crippen LogP contribution in [0, 0.1) is 0 Å². The van der Waals surface area contributed by atoms with E-state index in [2.05, 4.69) is 29.6 Å². The van der Waals surface area contributed by atoms with E-state index in [1.54, 1.807) is 14.2 Å². The van der Waals surface area contributed by atoms with Crippen molar-refractivity contribution in [3.63, 3.8) is 0 Å². The van der Waals surface area contributed by atoms with Gasteiger partial charge in [-0.15, -0.1) is 0 Å². The second kappa shape index (κ2) is 4.78. The summed E-state index contributed by atoms with van der Waals surface area (Å²) in [7, 11) is 3.42. The van der Waals surface area contributed by atoms with Crippen molar-refractivity contribution < 1.29 is 9.47 Å². The predicted molar refractivity (Wildman–Crippen MR) is 82.3 cm³/mol. The van der Waals surface area contributed by atoms with Crippen molar-refractivity contribution in [2.45, 2.75) is 18.9 Å². The number of benzene rings is 2. The van der Waals surface area contributed by atoms with Crippen molar-refractivity contribution in [3.05, 3.63) is 58.1 Å². The molecule has 0 radical (unpaired) electrons. The first-order valence-corrected chi connectivity index (χ1v) is 7.38. The van der Waals surface area contributed by atoms with Crippen LogP contribution in [0.3, 0.4) is 0 Å². The summed E-state index contributed by atoms with van der Waals surface area (Å²) in [6.07, 6.45) is 0.926. The average molecular weight is 281 g/mol. The lowest BCUT2D eigenvalue weighted by atomic mass is 9.74. The van der Waals surface area contributed by atoms with Gasteiger partial charge in [-0.05, 0) is 28.3 Å². The fraction of sp³-hybridized carbons (Fsp3) is 0.333. The third-order valence-corrected chi connectivity index (χ3v) is 4.73. The molecule has 1 unspecified atom stereocenters. The van der Waals surface area contributed by atoms with E-state index < -0.39 is 0 Å². The van der Waals surface area contributed by atoms with Crippen LogP contribution in [0.5, 0.6) is 11.5 Å². The van der Waals surface area contributed by atoms with E-state index in [1.807, 2.05) is 6.07 Å². The van der Waals surface area contributed by atoms with Gasteiger partial charge in [0.25, 0.3) is 0 Å². The third-order valence-electron chi connectivity index (χ3n) is 4.73. The largest absolute Gasteiger partial charge is 0.493 e. The molecule has 2 aromatic rings. The smallest absolute Gasteiger partial charge is 0.164 e. The van der Waals surface area contributed by atoms with Crippen LogP contribution in [-0.2, 0) is 13.0 Å². The lowest BCUT2D eigenvalue weighted by molar-refractivity contribution is 0.350. The van der Waals surface area contributed by atoms with Gasteiger partial charge in [0.2, 0.25) is 0 Å². The van der Waals surface area contributed by atoms with Crippen molar-refractivity contribution in [1.82, 2.24) is 5.32 Å². The Morgan fingerprint density at radius 3 is 2.71 bits per heavy atom. The first kappa shape index (κ1) is 12.7. The highest BCUT2D eigenvalue weighted by atomic mass is 16.5. The van der Waals surface area contributed by atoms with Crippen molar-refractivity contribution in [3.8, 4) is 11.5 Å². The maximum absolute atomic E-state index is 5.65. The Morgan fingerprint density at radius 1 is 1.05 bits per heavy atom. The number of fused-ring (bicyclic) bond motifs is 2. The Balaban J connectivity index is 1.95. The second-order valence-corrected chi connectivity index (χ2v) is 5.72. The van der Waals surface area contributed by atoms with Crippen molar-refractivity contribution >= 4 is 0 Å². The van der Waals surface area contributed by atoms with E-state index in [0.29, 0.717) is 5.92 Å². The van der Waals surface area contributed by atoms with Crippen LogP contribution >= 0.6 is 0 Å². The van der Waals surface area contributed by atoms with Crippen LogP contribution in [-0.4, -0.2) is 20.8 Å². The summed E-state index contributed by atoms with van der Waals surface area (Å²) in [5.74, 6) is 2.13. The van der Waals surface area contributed by atoms with Gasteiger partial charge in [0.15, 0.2) is 11.5 Å². The molecule has 1 atom stereocenters. The molecule has 0 amide bonds. The van der Waals surface area contributed by atoms with Crippen LogP contribution < -0.4 is 14.8 Å². The highest BCUT2D eigenvalue weighted by Crippen LogP contribution is 2.45. The lowest BCUT2D eigenvalue weighted by Gasteiger charge is -2.35. The highest BCUT2D eigenvalue weighted by Gasteiger charge is 2.32. The third kappa shape index (κ3) is 1.77. The minimum Gasteiger partial charge on any atom is -0.493 e. The number of rotatable bonds is 2. The van der Waals surface area contributed by atoms with E-state index in [1.165, 1.54) is 27.8 Å². The zero-order valence-electron chi connectivity index (χ0n) is 12.4. The number of nitrogens with one attached hydrogen (secondary N) is 1. The summed E-state index contributed by atoms with van der Waals surface area (Å²) < 4.78 is 11.1. The fourth-order valence-electron chi connectivity index (χ4n) is 3.85. The van der Waals surface area contributed by atoms with Crippen molar-refractivity contribution in [2.75, 3.05) is 20.8 Å². The van der Waals surface area contributed by atoms with Crippen LogP contribution in [0.4, 0.5) is 0 Å². The molecule has 2 aliphatic rings. The fourth-order valence-corrected chi connectivity index (χ4v) is 3.85. The van der Waals surface area contributed by atoms with Crippen LogP contribution in [0.15, 0.2) is 30.3 Å². The predicted octanol–water partition coefficient (Wildman–Crippen LogP) is 2.84. The topological polar surface area (TPSA) is 30.5 Å². The van der Waals surface area contributed by atoms with Gasteiger partial charge in [0.05, 0.1) is 14.2 Å². The summed E-state index contributed by atoms with van der Waals surface area (Å²) in [6.45, 7) is 1.97. The number of hydrogen-bond acceptors (Lipinski definition) is 3. The molecule has 0 fully saturated rings. The maximum Gasteiger partial charge on any atom is 0.164 e. The van der Waals surface area contributed by atoms with Gasteiger partial charge in [-0.3, -0.25) is 0 Å². The average Bonchev–Trinajstić information content (AvgIpc) is 2.54. The maximum atomic E-state index is 5.65. The Morgan fingerprint density at radius 2 is 1.90 bits per heavy atom. The van der Waals surface area contributed by atoms with Gasteiger partial charge in [-0.25, -0.2) is 0 Å². The first-order chi connectivity index (χ1) is 10.3. The van der Waals surface area contributed by atoms with Crippen molar-refractivity contribution in [1.29, 1.82) is 0 Å². The molecule has 3 heteroatoms. The molecule has 0 aromatic heterocycles. The molecule has 3 nitrogen and oxygen atoms in total. The van der Waals surface area contributed by atoms with Gasteiger partial charge >= 0.3 is 0 Å². The quantitative estimate of drug-likeness (QED) is 0.918. The molecule has 4 rings (SSSR count). The molecule has 0 bridgehead atoms. The Bertz CT molecular complexity index is 709. The molecule has 0 saturated carbocycles. The van der Waals surface area contributed by atoms with Gasteiger partial charge in [-0.1, -0.05) is 24.3 Å². The molecule has 0 saturated heterocycles. The minimum atomic E-state index is 0.425. The van der Waals surface area contributed by atoms with E-state index in [-0.39, 0.29) is 0 Å². The highest BCUT2D eigenvalue weighted by molar-refractivity contribution is 5.61. The minimum absolute atomic E-state index is 0.425. The summed E-state index contributed by atoms with van der Waals surface area (Å²) in [4.78, 5) is 0. The van der Waals surface area contributed by atoms with Crippen LogP contribution in [0.25, 0.3) is 0 Å². The van der Waals surface area contributed by atoms with Crippen LogP contribution in [0.1, 0.15) is 33.7 Å². The molecular weight excluding hydrogens is 262 g/mol. The molecular formula is C18H19NO2. The summed E-state index contributed by atoms with van der Waals surface area (Å²) in [5, 5.41) is 3.54. The summed E-state index contributed by atoms with van der Waals surface area (Å²) in [5.41, 5.74) is 7.04. The molecule has 2 aromatic carbocycles. The molecule has 1 N–H and O–H groups in total.